The summed E-state index contributed by atoms with van der Waals surface area (Å²) >= 11 is 0. The van der Waals surface area contributed by atoms with Gasteiger partial charge in [0, 0.05) is 30.2 Å². The van der Waals surface area contributed by atoms with Gasteiger partial charge in [-0.05, 0) is 49.7 Å². The lowest BCUT2D eigenvalue weighted by atomic mass is 9.88. The molecule has 2 aliphatic heterocycles. The summed E-state index contributed by atoms with van der Waals surface area (Å²) in [6, 6.07) is 12.1. The number of carbonyl (C=O) groups excluding carboxylic acids is 1. The molecule has 0 aliphatic carbocycles. The molecule has 0 unspecified atom stereocenters. The van der Waals surface area contributed by atoms with Crippen molar-refractivity contribution in [3.8, 4) is 11.5 Å². The van der Waals surface area contributed by atoms with Crippen molar-refractivity contribution >= 4 is 11.5 Å². The number of ketones is 1. The molecule has 146 valence electrons. The van der Waals surface area contributed by atoms with Gasteiger partial charge in [-0.15, -0.1) is 0 Å². The predicted octanol–water partition coefficient (Wildman–Crippen LogP) is 3.46. The number of nitrogens with zero attached hydrogens (tertiary/aromatic N) is 2. The molecule has 2 aromatic rings. The first-order chi connectivity index (χ1) is 13.6. The predicted molar refractivity (Wildman–Crippen MR) is 103 cm³/mol. The Morgan fingerprint density at radius 3 is 2.57 bits per heavy atom. The number of fused-ring (bicyclic) bond motifs is 1. The Kier molecular flexibility index (Phi) is 5.25. The second-order valence-corrected chi connectivity index (χ2v) is 7.20. The van der Waals surface area contributed by atoms with Crippen molar-refractivity contribution in [2.24, 2.45) is 5.92 Å². The van der Waals surface area contributed by atoms with Crippen LogP contribution in [0.4, 0.5) is 5.69 Å². The van der Waals surface area contributed by atoms with Crippen LogP contribution in [0.3, 0.4) is 0 Å². The number of benzene rings is 2. The number of carbonyl (C=O) groups is 1. The number of nitro benzene ring substituents is 1. The summed E-state index contributed by atoms with van der Waals surface area (Å²) in [7, 11) is 0. The molecule has 1 fully saturated rings. The summed E-state index contributed by atoms with van der Waals surface area (Å²) in [5, 5.41) is 10.9. The first kappa shape index (κ1) is 18.4. The van der Waals surface area contributed by atoms with Crippen LogP contribution >= 0.6 is 0 Å². The van der Waals surface area contributed by atoms with Gasteiger partial charge in [0.2, 0.25) is 0 Å². The lowest BCUT2D eigenvalue weighted by Gasteiger charge is -2.31. The molecule has 2 aliphatic rings. The Bertz CT molecular complexity index is 890. The Morgan fingerprint density at radius 1 is 1.07 bits per heavy atom. The molecule has 2 heterocycles. The molecule has 0 bridgehead atoms. The Hall–Kier alpha value is -2.93. The van der Waals surface area contributed by atoms with Crippen molar-refractivity contribution in [2.75, 3.05) is 26.3 Å². The van der Waals surface area contributed by atoms with E-state index >= 15 is 0 Å². The molecule has 0 aromatic heterocycles. The molecule has 0 N–H and O–H groups in total. The Labute approximate surface area is 163 Å². The lowest BCUT2D eigenvalue weighted by Crippen LogP contribution is -2.36. The zero-order valence-electron chi connectivity index (χ0n) is 15.5. The van der Waals surface area contributed by atoms with Crippen LogP contribution in [0.1, 0.15) is 28.8 Å². The molecule has 7 nitrogen and oxygen atoms in total. The van der Waals surface area contributed by atoms with E-state index in [2.05, 4.69) is 4.90 Å². The third kappa shape index (κ3) is 3.99. The van der Waals surface area contributed by atoms with Gasteiger partial charge in [0.15, 0.2) is 17.3 Å². The molecule has 0 amide bonds. The van der Waals surface area contributed by atoms with Gasteiger partial charge < -0.3 is 9.47 Å². The maximum absolute atomic E-state index is 12.9. The number of Topliss-reactive ketones (excluding diaryl/α,β-unsaturated/α-hetero) is 1. The highest BCUT2D eigenvalue weighted by atomic mass is 16.6. The van der Waals surface area contributed by atoms with E-state index in [1.165, 1.54) is 6.07 Å². The maximum atomic E-state index is 12.9. The van der Waals surface area contributed by atoms with Crippen LogP contribution in [-0.4, -0.2) is 41.9 Å². The normalized spacial score (nSPS) is 17.3. The fraction of sp³-hybridized carbons (Fsp3) is 0.381. The summed E-state index contributed by atoms with van der Waals surface area (Å²) in [6.45, 7) is 3.28. The van der Waals surface area contributed by atoms with Gasteiger partial charge in [0.05, 0.1) is 4.92 Å². The Morgan fingerprint density at radius 2 is 1.82 bits per heavy atom. The summed E-state index contributed by atoms with van der Waals surface area (Å²) in [6.07, 6.45) is 1.56. The molecule has 7 heteroatoms. The quantitative estimate of drug-likeness (QED) is 0.447. The number of ether oxygens (including phenoxy) is 2. The van der Waals surface area contributed by atoms with Crippen LogP contribution in [0.25, 0.3) is 0 Å². The molecular formula is C21H22N2O5. The zero-order valence-corrected chi connectivity index (χ0v) is 15.5. The van der Waals surface area contributed by atoms with Gasteiger partial charge >= 0.3 is 0 Å². The van der Waals surface area contributed by atoms with Gasteiger partial charge in [-0.3, -0.25) is 19.8 Å². The third-order valence-corrected chi connectivity index (χ3v) is 5.31. The number of nitro groups is 1. The van der Waals surface area contributed by atoms with Crippen LogP contribution in [0, 0.1) is 16.0 Å². The SMILES string of the molecule is O=C(c1ccc2c(c1)OCCO2)C1CCN(Cc2cccc([N+](=O)[O-])c2)CC1. The van der Waals surface area contributed by atoms with E-state index in [9.17, 15) is 14.9 Å². The Balaban J connectivity index is 1.35. The van der Waals surface area contributed by atoms with E-state index in [0.29, 0.717) is 36.8 Å². The molecule has 0 spiro atoms. The largest absolute Gasteiger partial charge is 0.486 e. The average molecular weight is 382 g/mol. The summed E-state index contributed by atoms with van der Waals surface area (Å²) in [5.74, 6) is 1.46. The smallest absolute Gasteiger partial charge is 0.269 e. The number of piperidine rings is 1. The van der Waals surface area contributed by atoms with Crippen LogP contribution in [0.5, 0.6) is 11.5 Å². The standard InChI is InChI=1S/C21H22N2O5/c24-21(17-4-5-19-20(13-17)28-11-10-27-19)16-6-8-22(9-7-16)14-15-2-1-3-18(12-15)23(25)26/h1-5,12-13,16H,6-11,14H2. The summed E-state index contributed by atoms with van der Waals surface area (Å²) < 4.78 is 11.1. The van der Waals surface area contributed by atoms with E-state index in [-0.39, 0.29) is 22.3 Å². The van der Waals surface area contributed by atoms with Gasteiger partial charge in [-0.1, -0.05) is 12.1 Å². The van der Waals surface area contributed by atoms with Crippen LogP contribution in [-0.2, 0) is 6.54 Å². The summed E-state index contributed by atoms with van der Waals surface area (Å²) in [5.41, 5.74) is 1.70. The molecule has 28 heavy (non-hydrogen) atoms. The minimum absolute atomic E-state index is 0.0103. The van der Waals surface area contributed by atoms with Gasteiger partial charge in [0.1, 0.15) is 13.2 Å². The lowest BCUT2D eigenvalue weighted by molar-refractivity contribution is -0.384. The number of likely N-dealkylation sites (tertiary alicyclic amines) is 1. The highest BCUT2D eigenvalue weighted by Crippen LogP contribution is 2.32. The van der Waals surface area contributed by atoms with Crippen molar-refractivity contribution < 1.29 is 19.2 Å². The minimum atomic E-state index is -0.373. The fourth-order valence-corrected chi connectivity index (χ4v) is 3.81. The average Bonchev–Trinajstić information content (AvgIpc) is 2.73. The second-order valence-electron chi connectivity index (χ2n) is 7.20. The molecule has 1 saturated heterocycles. The third-order valence-electron chi connectivity index (χ3n) is 5.31. The van der Waals surface area contributed by atoms with Crippen LogP contribution in [0.2, 0.25) is 0 Å². The van der Waals surface area contributed by atoms with Crippen molar-refractivity contribution in [2.45, 2.75) is 19.4 Å². The first-order valence-electron chi connectivity index (χ1n) is 9.50. The minimum Gasteiger partial charge on any atom is -0.486 e. The van der Waals surface area contributed by atoms with Crippen LogP contribution < -0.4 is 9.47 Å². The topological polar surface area (TPSA) is 81.9 Å². The van der Waals surface area contributed by atoms with Gasteiger partial charge in [-0.25, -0.2) is 0 Å². The number of non-ortho nitro benzene ring substituents is 1. The maximum Gasteiger partial charge on any atom is 0.269 e. The first-order valence-corrected chi connectivity index (χ1v) is 9.50. The highest BCUT2D eigenvalue weighted by molar-refractivity contribution is 5.98. The van der Waals surface area contributed by atoms with E-state index < -0.39 is 0 Å². The van der Waals surface area contributed by atoms with Crippen LogP contribution in [0.15, 0.2) is 42.5 Å². The monoisotopic (exact) mass is 382 g/mol. The molecular weight excluding hydrogens is 360 g/mol. The summed E-state index contributed by atoms with van der Waals surface area (Å²) in [4.78, 5) is 25.7. The molecule has 4 rings (SSSR count). The van der Waals surface area contributed by atoms with Gasteiger partial charge in [0.25, 0.3) is 5.69 Å². The molecule has 0 saturated carbocycles. The fourth-order valence-electron chi connectivity index (χ4n) is 3.81. The number of hydrogen-bond acceptors (Lipinski definition) is 6. The van der Waals surface area contributed by atoms with Gasteiger partial charge in [-0.2, -0.15) is 0 Å². The van der Waals surface area contributed by atoms with Crippen molar-refractivity contribution in [1.82, 2.24) is 4.90 Å². The van der Waals surface area contributed by atoms with E-state index in [4.69, 9.17) is 9.47 Å². The number of rotatable bonds is 5. The van der Waals surface area contributed by atoms with Crippen molar-refractivity contribution in [3.05, 3.63) is 63.7 Å². The van der Waals surface area contributed by atoms with E-state index in [1.807, 2.05) is 12.1 Å². The zero-order chi connectivity index (χ0) is 19.5. The number of hydrogen-bond donors (Lipinski definition) is 0. The molecule has 0 atom stereocenters. The second kappa shape index (κ2) is 7.98. The van der Waals surface area contributed by atoms with Crippen molar-refractivity contribution in [3.63, 3.8) is 0 Å². The molecule has 2 aromatic carbocycles. The highest BCUT2D eigenvalue weighted by Gasteiger charge is 2.27. The van der Waals surface area contributed by atoms with E-state index in [0.717, 1.165) is 31.5 Å². The molecule has 0 radical (unpaired) electrons. The van der Waals surface area contributed by atoms with E-state index in [1.54, 1.807) is 24.3 Å². The van der Waals surface area contributed by atoms with Crippen molar-refractivity contribution in [1.29, 1.82) is 0 Å².